The predicted octanol–water partition coefficient (Wildman–Crippen LogP) is 15.9. The lowest BCUT2D eigenvalue weighted by molar-refractivity contribution is 0.651. The van der Waals surface area contributed by atoms with Crippen molar-refractivity contribution in [3.05, 3.63) is 211 Å². The van der Waals surface area contributed by atoms with Gasteiger partial charge in [0.05, 0.1) is 22.1 Å². The lowest BCUT2D eigenvalue weighted by Crippen LogP contribution is -2.16. The van der Waals surface area contributed by atoms with Gasteiger partial charge in [0.2, 0.25) is 0 Å². The van der Waals surface area contributed by atoms with Gasteiger partial charge in [0.1, 0.15) is 5.58 Å². The number of rotatable bonds is 6. The highest BCUT2D eigenvalue weighted by molar-refractivity contribution is 6.25. The summed E-state index contributed by atoms with van der Waals surface area (Å²) in [5, 5.41) is 4.50. The number of hydrogen-bond donors (Lipinski definition) is 0. The lowest BCUT2D eigenvalue weighted by atomic mass is 9.79. The zero-order valence-corrected chi connectivity index (χ0v) is 33.7. The van der Waals surface area contributed by atoms with Gasteiger partial charge < -0.3 is 13.9 Å². The summed E-state index contributed by atoms with van der Waals surface area (Å²) >= 11 is 0. The Morgan fingerprint density at radius 3 is 1.93 bits per heavy atom. The maximum atomic E-state index is 7.20. The van der Waals surface area contributed by atoms with E-state index in [1.807, 2.05) is 0 Å². The van der Waals surface area contributed by atoms with Gasteiger partial charge in [-0.3, -0.25) is 0 Å². The number of allylic oxidation sites excluding steroid dienone is 4. The third-order valence-electron chi connectivity index (χ3n) is 13.1. The summed E-state index contributed by atoms with van der Waals surface area (Å²) in [7, 11) is 0. The topological polar surface area (TPSA) is 21.3 Å². The molecule has 0 saturated carbocycles. The number of para-hydroxylation sites is 3. The van der Waals surface area contributed by atoms with Crippen LogP contribution in [0.4, 0.5) is 17.1 Å². The summed E-state index contributed by atoms with van der Waals surface area (Å²) in [6.07, 6.45) is 6.94. The second-order valence-corrected chi connectivity index (χ2v) is 16.8. The van der Waals surface area contributed by atoms with Gasteiger partial charge in [0.15, 0.2) is 5.58 Å². The first-order valence-electron chi connectivity index (χ1n) is 21.1. The molecule has 0 saturated heterocycles. The van der Waals surface area contributed by atoms with Crippen molar-refractivity contribution < 1.29 is 4.42 Å². The molecule has 0 spiro atoms. The normalized spacial score (nSPS) is 14.4. The van der Waals surface area contributed by atoms with Crippen molar-refractivity contribution in [3.8, 4) is 27.9 Å². The van der Waals surface area contributed by atoms with E-state index in [2.05, 4.69) is 217 Å². The van der Waals surface area contributed by atoms with Crippen molar-refractivity contribution >= 4 is 66.4 Å². The van der Waals surface area contributed by atoms with E-state index in [9.17, 15) is 0 Å². The highest BCUT2D eigenvalue weighted by Crippen LogP contribution is 2.51. The highest BCUT2D eigenvalue weighted by atomic mass is 16.3. The predicted molar refractivity (Wildman–Crippen MR) is 252 cm³/mol. The largest absolute Gasteiger partial charge is 0.453 e. The summed E-state index contributed by atoms with van der Waals surface area (Å²) in [6, 6.07) is 66.0. The highest BCUT2D eigenvalue weighted by Gasteiger charge is 2.37. The van der Waals surface area contributed by atoms with Crippen molar-refractivity contribution in [2.75, 3.05) is 4.90 Å². The van der Waals surface area contributed by atoms with Gasteiger partial charge in [-0.2, -0.15) is 0 Å². The molecule has 2 heterocycles. The lowest BCUT2D eigenvalue weighted by Gasteiger charge is -2.26. The Kier molecular flexibility index (Phi) is 7.71. The fourth-order valence-electron chi connectivity index (χ4n) is 10.2. The molecule has 0 N–H and O–H groups in total. The summed E-state index contributed by atoms with van der Waals surface area (Å²) < 4.78 is 9.55. The van der Waals surface area contributed by atoms with Gasteiger partial charge in [0.25, 0.3) is 0 Å². The van der Waals surface area contributed by atoms with E-state index >= 15 is 0 Å². The molecule has 0 atom stereocenters. The fourth-order valence-corrected chi connectivity index (χ4v) is 10.2. The molecule has 0 unspecified atom stereocenters. The molecule has 3 nitrogen and oxygen atoms in total. The van der Waals surface area contributed by atoms with Crippen molar-refractivity contribution in [1.29, 1.82) is 0 Å². The molecule has 0 aliphatic heterocycles. The third-order valence-corrected chi connectivity index (χ3v) is 13.1. The molecular formula is C57H42N2O. The van der Waals surface area contributed by atoms with Crippen LogP contribution in [0.5, 0.6) is 0 Å². The number of benzene rings is 8. The molecule has 3 heteroatoms. The Balaban J connectivity index is 1.02. The van der Waals surface area contributed by atoms with E-state index < -0.39 is 0 Å². The van der Waals surface area contributed by atoms with Gasteiger partial charge >= 0.3 is 0 Å². The summed E-state index contributed by atoms with van der Waals surface area (Å²) in [6.45, 7) is 4.76. The first kappa shape index (κ1) is 34.7. The van der Waals surface area contributed by atoms with Crippen molar-refractivity contribution in [2.24, 2.45) is 0 Å². The number of fused-ring (bicyclic) bond motifs is 9. The van der Waals surface area contributed by atoms with Gasteiger partial charge in [-0.1, -0.05) is 141 Å². The average molecular weight is 771 g/mol. The number of anilines is 3. The van der Waals surface area contributed by atoms with Crippen LogP contribution >= 0.6 is 0 Å². The second-order valence-electron chi connectivity index (χ2n) is 16.8. The van der Waals surface area contributed by atoms with E-state index in [1.165, 1.54) is 49.9 Å². The first-order chi connectivity index (χ1) is 29.5. The van der Waals surface area contributed by atoms with E-state index in [4.69, 9.17) is 4.42 Å². The van der Waals surface area contributed by atoms with Crippen LogP contribution in [0.1, 0.15) is 37.8 Å². The molecule has 0 bridgehead atoms. The summed E-state index contributed by atoms with van der Waals surface area (Å²) in [4.78, 5) is 2.35. The number of hydrogen-bond acceptors (Lipinski definition) is 2. The maximum absolute atomic E-state index is 7.20. The van der Waals surface area contributed by atoms with E-state index in [0.717, 1.165) is 73.9 Å². The van der Waals surface area contributed by atoms with Crippen molar-refractivity contribution in [2.45, 2.75) is 32.1 Å². The van der Waals surface area contributed by atoms with Crippen LogP contribution in [0.2, 0.25) is 0 Å². The number of nitrogens with zero attached hydrogens (tertiary/aromatic N) is 2. The zero-order valence-electron chi connectivity index (χ0n) is 33.7. The van der Waals surface area contributed by atoms with Crippen molar-refractivity contribution in [3.63, 3.8) is 0 Å². The molecule has 60 heavy (non-hydrogen) atoms. The number of furan rings is 1. The second kappa shape index (κ2) is 13.3. The smallest absolute Gasteiger partial charge is 0.159 e. The summed E-state index contributed by atoms with van der Waals surface area (Å²) in [5.74, 6) is 0. The molecule has 286 valence electrons. The Hall–Kier alpha value is -7.36. The third kappa shape index (κ3) is 5.22. The molecule has 12 rings (SSSR count). The van der Waals surface area contributed by atoms with E-state index in [-0.39, 0.29) is 5.41 Å². The molecule has 2 aliphatic carbocycles. The first-order valence-corrected chi connectivity index (χ1v) is 21.1. The summed E-state index contributed by atoms with van der Waals surface area (Å²) in [5.41, 5.74) is 19.0. The molecule has 8 aromatic carbocycles. The Morgan fingerprint density at radius 2 is 1.17 bits per heavy atom. The van der Waals surface area contributed by atoms with Crippen LogP contribution in [0.3, 0.4) is 0 Å². The monoisotopic (exact) mass is 770 g/mol. The van der Waals surface area contributed by atoms with Crippen LogP contribution < -0.4 is 4.90 Å². The number of aromatic nitrogens is 1. The maximum Gasteiger partial charge on any atom is 0.159 e. The van der Waals surface area contributed by atoms with Crippen LogP contribution in [0.25, 0.3) is 77.3 Å². The van der Waals surface area contributed by atoms with Gasteiger partial charge in [-0.05, 0) is 124 Å². The van der Waals surface area contributed by atoms with E-state index in [1.54, 1.807) is 0 Å². The zero-order chi connectivity index (χ0) is 40.0. The Labute approximate surface area is 349 Å². The molecule has 10 aromatic rings. The van der Waals surface area contributed by atoms with Crippen LogP contribution in [-0.4, -0.2) is 4.57 Å². The van der Waals surface area contributed by atoms with Gasteiger partial charge in [0, 0.05) is 38.6 Å². The minimum Gasteiger partial charge on any atom is -0.453 e. The van der Waals surface area contributed by atoms with Gasteiger partial charge in [-0.25, -0.2) is 0 Å². The Morgan fingerprint density at radius 1 is 0.533 bits per heavy atom. The van der Waals surface area contributed by atoms with Crippen LogP contribution in [0.15, 0.2) is 204 Å². The standard InChI is InChI=1S/C57H42N2O/c1-57(2)49-21-11-9-18-44(49)45-33-28-40(36-50(45)57)39-26-31-43(32-27-39)58(42-29-24-38(25-30-42)37-14-5-3-6-15-37)53-23-13-20-46-47-34-35-52-54(56(47)60-55(46)53)48-19-10-12-22-51(48)59(52)41-16-7-4-8-17-41/h3-8,10-17,19-36H,9,18H2,1-2H3. The van der Waals surface area contributed by atoms with Crippen LogP contribution in [0, 0.1) is 0 Å². The minimum absolute atomic E-state index is 0.00640. The van der Waals surface area contributed by atoms with E-state index in [0.29, 0.717) is 0 Å². The molecule has 0 fully saturated rings. The molecular weight excluding hydrogens is 729 g/mol. The SMILES string of the molecule is CC1(C)C2=C(CCC=C2)c2ccc(-c3ccc(N(c4ccc(-c5ccccc5)cc4)c4cccc5c4oc4c5ccc5c4c4ccccc4n5-c4ccccc4)cc3)cc21. The molecule has 2 aliphatic rings. The molecule has 0 amide bonds. The fraction of sp³-hybridized carbons (Fsp3) is 0.0877. The molecule has 0 radical (unpaired) electrons. The average Bonchev–Trinajstić information content (AvgIpc) is 3.93. The minimum atomic E-state index is -0.00640. The quantitative estimate of drug-likeness (QED) is 0.168. The molecule has 2 aromatic heterocycles. The van der Waals surface area contributed by atoms with Crippen LogP contribution in [-0.2, 0) is 5.41 Å². The Bertz CT molecular complexity index is 3360. The van der Waals surface area contributed by atoms with Gasteiger partial charge in [-0.15, -0.1) is 0 Å². The van der Waals surface area contributed by atoms with Crippen molar-refractivity contribution in [1.82, 2.24) is 4.57 Å².